The number of aryl methyl sites for hydroxylation is 1. The van der Waals surface area contributed by atoms with E-state index in [1.54, 1.807) is 6.92 Å². The molecule has 3 nitrogen and oxygen atoms in total. The molecule has 2 aromatic rings. The third kappa shape index (κ3) is 3.59. The number of aliphatic hydroxyl groups is 1. The number of hydrogen-bond donors (Lipinski definition) is 2. The number of rotatable bonds is 5. The molecule has 0 saturated carbocycles. The zero-order valence-corrected chi connectivity index (χ0v) is 11.9. The molecule has 2 aromatic carbocycles. The molecule has 0 spiro atoms. The molecular formula is C17H21NO2. The van der Waals surface area contributed by atoms with Crippen LogP contribution in [-0.2, 0) is 6.61 Å². The molecule has 0 aliphatic carbocycles. The van der Waals surface area contributed by atoms with Crippen LogP contribution < -0.4 is 10.5 Å². The average molecular weight is 271 g/mol. The van der Waals surface area contributed by atoms with Crippen molar-refractivity contribution in [3.8, 4) is 5.75 Å². The molecule has 0 saturated heterocycles. The minimum Gasteiger partial charge on any atom is -0.489 e. The highest BCUT2D eigenvalue weighted by Gasteiger charge is 2.15. The Kier molecular flexibility index (Phi) is 4.77. The second-order valence-corrected chi connectivity index (χ2v) is 5.10. The van der Waals surface area contributed by atoms with E-state index in [1.807, 2.05) is 55.5 Å². The summed E-state index contributed by atoms with van der Waals surface area (Å²) in [6, 6.07) is 15.4. The summed E-state index contributed by atoms with van der Waals surface area (Å²) in [5.74, 6) is 0.798. The Hall–Kier alpha value is -1.84. The Labute approximate surface area is 120 Å². The summed E-state index contributed by atoms with van der Waals surface area (Å²) in [5, 5.41) is 10.0. The van der Waals surface area contributed by atoms with Gasteiger partial charge in [0.25, 0.3) is 0 Å². The van der Waals surface area contributed by atoms with Crippen molar-refractivity contribution in [2.24, 2.45) is 5.73 Å². The lowest BCUT2D eigenvalue weighted by Crippen LogP contribution is -2.24. The monoisotopic (exact) mass is 271 g/mol. The predicted molar refractivity (Wildman–Crippen MR) is 80.6 cm³/mol. The van der Waals surface area contributed by atoms with Crippen LogP contribution in [-0.4, -0.2) is 11.1 Å². The number of hydrogen-bond acceptors (Lipinski definition) is 3. The van der Waals surface area contributed by atoms with Crippen molar-refractivity contribution in [2.75, 3.05) is 0 Å². The highest BCUT2D eigenvalue weighted by molar-refractivity contribution is 5.36. The maximum Gasteiger partial charge on any atom is 0.120 e. The van der Waals surface area contributed by atoms with E-state index in [0.29, 0.717) is 6.61 Å². The summed E-state index contributed by atoms with van der Waals surface area (Å²) in [6.07, 6.45) is -0.641. The summed E-state index contributed by atoms with van der Waals surface area (Å²) < 4.78 is 5.76. The van der Waals surface area contributed by atoms with Gasteiger partial charge in [0.1, 0.15) is 12.4 Å². The van der Waals surface area contributed by atoms with Crippen LogP contribution in [0.3, 0.4) is 0 Å². The normalized spacial score (nSPS) is 13.8. The van der Waals surface area contributed by atoms with Crippen LogP contribution in [0.25, 0.3) is 0 Å². The highest BCUT2D eigenvalue weighted by atomic mass is 16.5. The van der Waals surface area contributed by atoms with Crippen LogP contribution in [0.15, 0.2) is 48.5 Å². The van der Waals surface area contributed by atoms with Crippen molar-refractivity contribution in [3.05, 3.63) is 65.2 Å². The van der Waals surface area contributed by atoms with Crippen LogP contribution in [0.4, 0.5) is 0 Å². The SMILES string of the molecule is Cc1cc(OCc2ccccc2)ccc1[C@@H](O)[C@H](C)N. The van der Waals surface area contributed by atoms with E-state index < -0.39 is 6.10 Å². The minimum absolute atomic E-state index is 0.287. The number of benzene rings is 2. The molecule has 2 atom stereocenters. The Bertz CT molecular complexity index is 552. The third-order valence-electron chi connectivity index (χ3n) is 3.31. The summed E-state index contributed by atoms with van der Waals surface area (Å²) >= 11 is 0. The fraction of sp³-hybridized carbons (Fsp3) is 0.294. The smallest absolute Gasteiger partial charge is 0.120 e. The quantitative estimate of drug-likeness (QED) is 0.879. The van der Waals surface area contributed by atoms with Crippen molar-refractivity contribution >= 4 is 0 Å². The molecule has 106 valence electrons. The highest BCUT2D eigenvalue weighted by Crippen LogP contribution is 2.24. The summed E-state index contributed by atoms with van der Waals surface area (Å²) in [4.78, 5) is 0. The maximum absolute atomic E-state index is 10.0. The van der Waals surface area contributed by atoms with Crippen molar-refractivity contribution in [3.63, 3.8) is 0 Å². The molecule has 2 rings (SSSR count). The van der Waals surface area contributed by atoms with Gasteiger partial charge in [0, 0.05) is 6.04 Å². The van der Waals surface area contributed by atoms with E-state index in [2.05, 4.69) is 0 Å². The first-order chi connectivity index (χ1) is 9.58. The van der Waals surface area contributed by atoms with Gasteiger partial charge in [-0.2, -0.15) is 0 Å². The predicted octanol–water partition coefficient (Wildman–Crippen LogP) is 2.95. The van der Waals surface area contributed by atoms with Gasteiger partial charge in [-0.15, -0.1) is 0 Å². The molecule has 3 heteroatoms. The van der Waals surface area contributed by atoms with E-state index in [-0.39, 0.29) is 6.04 Å². The van der Waals surface area contributed by atoms with Gasteiger partial charge in [-0.3, -0.25) is 0 Å². The summed E-state index contributed by atoms with van der Waals surface area (Å²) in [7, 11) is 0. The molecule has 20 heavy (non-hydrogen) atoms. The van der Waals surface area contributed by atoms with E-state index in [0.717, 1.165) is 22.4 Å². The van der Waals surface area contributed by atoms with Crippen LogP contribution in [0.1, 0.15) is 29.7 Å². The van der Waals surface area contributed by atoms with Crippen molar-refractivity contribution in [2.45, 2.75) is 32.6 Å². The van der Waals surface area contributed by atoms with Crippen LogP contribution in [0.2, 0.25) is 0 Å². The standard InChI is InChI=1S/C17H21NO2/c1-12-10-15(8-9-16(12)17(19)13(2)18)20-11-14-6-4-3-5-7-14/h3-10,13,17,19H,11,18H2,1-2H3/t13-,17-/m0/s1. The molecular weight excluding hydrogens is 250 g/mol. The van der Waals surface area contributed by atoms with Crippen LogP contribution in [0.5, 0.6) is 5.75 Å². The number of aliphatic hydroxyl groups excluding tert-OH is 1. The second-order valence-electron chi connectivity index (χ2n) is 5.10. The van der Waals surface area contributed by atoms with Gasteiger partial charge in [0.05, 0.1) is 6.10 Å². The minimum atomic E-state index is -0.641. The first-order valence-corrected chi connectivity index (χ1v) is 6.79. The molecule has 0 unspecified atom stereocenters. The zero-order valence-electron chi connectivity index (χ0n) is 11.9. The van der Waals surface area contributed by atoms with E-state index in [1.165, 1.54) is 0 Å². The Morgan fingerprint density at radius 1 is 1.15 bits per heavy atom. The lowest BCUT2D eigenvalue weighted by molar-refractivity contribution is 0.152. The Balaban J connectivity index is 2.06. The number of nitrogens with two attached hydrogens (primary N) is 1. The zero-order chi connectivity index (χ0) is 14.5. The maximum atomic E-state index is 10.0. The molecule has 0 fully saturated rings. The fourth-order valence-corrected chi connectivity index (χ4v) is 2.09. The second kappa shape index (κ2) is 6.55. The Morgan fingerprint density at radius 3 is 2.45 bits per heavy atom. The largest absolute Gasteiger partial charge is 0.489 e. The van der Waals surface area contributed by atoms with Crippen LogP contribution >= 0.6 is 0 Å². The van der Waals surface area contributed by atoms with Crippen molar-refractivity contribution in [1.29, 1.82) is 0 Å². The Morgan fingerprint density at radius 2 is 1.85 bits per heavy atom. The van der Waals surface area contributed by atoms with Gasteiger partial charge in [-0.1, -0.05) is 36.4 Å². The molecule has 0 bridgehead atoms. The lowest BCUT2D eigenvalue weighted by atomic mass is 9.99. The van der Waals surface area contributed by atoms with Crippen molar-refractivity contribution < 1.29 is 9.84 Å². The van der Waals surface area contributed by atoms with E-state index in [9.17, 15) is 5.11 Å². The molecule has 0 aliphatic heterocycles. The fourth-order valence-electron chi connectivity index (χ4n) is 2.09. The third-order valence-corrected chi connectivity index (χ3v) is 3.31. The lowest BCUT2D eigenvalue weighted by Gasteiger charge is -2.18. The van der Waals surface area contributed by atoms with E-state index >= 15 is 0 Å². The van der Waals surface area contributed by atoms with Gasteiger partial charge in [-0.25, -0.2) is 0 Å². The van der Waals surface area contributed by atoms with Gasteiger partial charge in [0.15, 0.2) is 0 Å². The van der Waals surface area contributed by atoms with Gasteiger partial charge >= 0.3 is 0 Å². The van der Waals surface area contributed by atoms with Gasteiger partial charge in [0.2, 0.25) is 0 Å². The summed E-state index contributed by atoms with van der Waals surface area (Å²) in [5.41, 5.74) is 8.70. The molecule has 0 aromatic heterocycles. The average Bonchev–Trinajstić information content (AvgIpc) is 2.45. The molecule has 0 amide bonds. The van der Waals surface area contributed by atoms with Gasteiger partial charge in [-0.05, 0) is 42.7 Å². The topological polar surface area (TPSA) is 55.5 Å². The van der Waals surface area contributed by atoms with Gasteiger partial charge < -0.3 is 15.6 Å². The molecule has 0 heterocycles. The molecule has 0 aliphatic rings. The van der Waals surface area contributed by atoms with E-state index in [4.69, 9.17) is 10.5 Å². The first-order valence-electron chi connectivity index (χ1n) is 6.79. The molecule has 3 N–H and O–H groups in total. The summed E-state index contributed by atoms with van der Waals surface area (Å²) in [6.45, 7) is 4.29. The first kappa shape index (κ1) is 14.6. The molecule has 0 radical (unpaired) electrons. The van der Waals surface area contributed by atoms with Crippen LogP contribution in [0, 0.1) is 6.92 Å². The number of ether oxygens (including phenoxy) is 1. The van der Waals surface area contributed by atoms with Crippen molar-refractivity contribution in [1.82, 2.24) is 0 Å².